The first-order valence-corrected chi connectivity index (χ1v) is 11.3. The highest BCUT2D eigenvalue weighted by molar-refractivity contribution is 8.17. The molecule has 0 atom stereocenters. The molecule has 2 heterocycles. The van der Waals surface area contributed by atoms with Gasteiger partial charge in [-0.2, -0.15) is 0 Å². The van der Waals surface area contributed by atoms with Gasteiger partial charge in [0.05, 0.1) is 32.4 Å². The van der Waals surface area contributed by atoms with Crippen molar-refractivity contribution in [3.8, 4) is 5.75 Å². The van der Waals surface area contributed by atoms with Gasteiger partial charge in [-0.1, -0.05) is 12.1 Å². The molecule has 170 valence electrons. The number of fused-ring (bicyclic) bond motifs is 1. The van der Waals surface area contributed by atoms with Gasteiger partial charge >= 0.3 is 0 Å². The molecule has 9 heteroatoms. The first-order valence-electron chi connectivity index (χ1n) is 10.4. The maximum Gasteiger partial charge on any atom is 0.246 e. The van der Waals surface area contributed by atoms with Crippen LogP contribution < -0.4 is 10.1 Å². The smallest absolute Gasteiger partial charge is 0.246 e. The van der Waals surface area contributed by atoms with E-state index in [1.165, 1.54) is 7.11 Å². The Morgan fingerprint density at radius 3 is 2.84 bits per heavy atom. The maximum atomic E-state index is 13.1. The Kier molecular flexibility index (Phi) is 8.24. The second-order valence-corrected chi connectivity index (χ2v) is 8.24. The molecule has 3 rings (SSSR count). The van der Waals surface area contributed by atoms with E-state index in [1.807, 2.05) is 26.8 Å². The summed E-state index contributed by atoms with van der Waals surface area (Å²) in [5.41, 5.74) is 2.03. The molecule has 0 unspecified atom stereocenters. The van der Waals surface area contributed by atoms with Crippen LogP contribution in [0.15, 0.2) is 41.1 Å². The van der Waals surface area contributed by atoms with Crippen LogP contribution in [0.3, 0.4) is 0 Å². The third kappa shape index (κ3) is 5.66. The molecular formula is C23H28N4O4S. The van der Waals surface area contributed by atoms with Crippen LogP contribution in [0.5, 0.6) is 5.75 Å². The maximum absolute atomic E-state index is 13.1. The molecule has 0 fully saturated rings. The van der Waals surface area contributed by atoms with E-state index >= 15 is 0 Å². The van der Waals surface area contributed by atoms with Crippen LogP contribution >= 0.6 is 11.8 Å². The Morgan fingerprint density at radius 2 is 2.09 bits per heavy atom. The number of ether oxygens (including phenoxy) is 2. The zero-order valence-corrected chi connectivity index (χ0v) is 19.6. The van der Waals surface area contributed by atoms with Crippen molar-refractivity contribution in [3.05, 3.63) is 58.0 Å². The molecule has 1 aromatic carbocycles. The van der Waals surface area contributed by atoms with Crippen molar-refractivity contribution in [2.45, 2.75) is 33.7 Å². The van der Waals surface area contributed by atoms with Crippen LogP contribution in [-0.2, 0) is 16.1 Å². The molecule has 0 radical (unpaired) electrons. The summed E-state index contributed by atoms with van der Waals surface area (Å²) in [5, 5.41) is 2.95. The Balaban J connectivity index is 1.92. The first-order chi connectivity index (χ1) is 15.4. The lowest BCUT2D eigenvalue weighted by molar-refractivity contribution is -0.127. The van der Waals surface area contributed by atoms with E-state index in [4.69, 9.17) is 9.47 Å². The minimum Gasteiger partial charge on any atom is -0.496 e. The Hall–Kier alpha value is -2.91. The fraction of sp³-hybridized carbons (Fsp3) is 0.391. The summed E-state index contributed by atoms with van der Waals surface area (Å²) in [6, 6.07) is 7.12. The fourth-order valence-corrected chi connectivity index (χ4v) is 4.27. The van der Waals surface area contributed by atoms with Crippen molar-refractivity contribution in [2.75, 3.05) is 32.2 Å². The molecule has 0 saturated carbocycles. The Labute approximate surface area is 192 Å². The van der Waals surface area contributed by atoms with Crippen molar-refractivity contribution in [2.24, 2.45) is 0 Å². The minimum atomic E-state index is -0.145. The number of nitrogens with one attached hydrogen (secondary N) is 1. The molecule has 1 aliphatic heterocycles. The predicted octanol–water partition coefficient (Wildman–Crippen LogP) is 3.78. The number of hydrogen-bond donors (Lipinski definition) is 1. The van der Waals surface area contributed by atoms with Crippen LogP contribution in [0.2, 0.25) is 0 Å². The molecule has 1 aliphatic rings. The number of rotatable bonds is 8. The van der Waals surface area contributed by atoms with Gasteiger partial charge in [0.25, 0.3) is 0 Å². The average Bonchev–Trinajstić information content (AvgIpc) is 2.96. The number of anilines is 1. The number of carbonyl (C=O) groups excluding carboxylic acids is 2. The summed E-state index contributed by atoms with van der Waals surface area (Å²) >= 11 is 1.11. The normalized spacial score (nSPS) is 14.2. The SMILES string of the molecule is CCOCC/C(SC(=O)c1ccccc1OC)=C(\C)N1Cc2cnc(C)nc2NCC1=O. The number of thioether (sulfide) groups is 1. The summed E-state index contributed by atoms with van der Waals surface area (Å²) in [7, 11) is 1.54. The van der Waals surface area contributed by atoms with Crippen molar-refractivity contribution >= 4 is 28.6 Å². The Morgan fingerprint density at radius 1 is 1.31 bits per heavy atom. The number of carbonyl (C=O) groups is 2. The van der Waals surface area contributed by atoms with Gasteiger partial charge in [-0.15, -0.1) is 0 Å². The number of benzene rings is 1. The lowest BCUT2D eigenvalue weighted by Crippen LogP contribution is -2.32. The van der Waals surface area contributed by atoms with E-state index < -0.39 is 0 Å². The molecule has 0 spiro atoms. The summed E-state index contributed by atoms with van der Waals surface area (Å²) < 4.78 is 10.9. The molecular weight excluding hydrogens is 428 g/mol. The van der Waals surface area contributed by atoms with E-state index in [2.05, 4.69) is 15.3 Å². The monoisotopic (exact) mass is 456 g/mol. The number of nitrogens with zero attached hydrogens (tertiary/aromatic N) is 3. The van der Waals surface area contributed by atoms with Crippen LogP contribution in [0.25, 0.3) is 0 Å². The summed E-state index contributed by atoms with van der Waals surface area (Å²) in [6.45, 7) is 7.07. The van der Waals surface area contributed by atoms with Gasteiger partial charge < -0.3 is 19.7 Å². The van der Waals surface area contributed by atoms with Crippen molar-refractivity contribution in [1.82, 2.24) is 14.9 Å². The van der Waals surface area contributed by atoms with E-state index in [9.17, 15) is 9.59 Å². The second kappa shape index (κ2) is 11.1. The highest BCUT2D eigenvalue weighted by Crippen LogP contribution is 2.33. The standard InChI is InChI=1S/C23H28N4O4S/c1-5-31-11-10-20(32-23(29)18-8-6-7-9-19(18)30-4)15(2)27-14-17-12-24-16(3)26-22(17)25-13-21(27)28/h6-9,12H,5,10-11,13-14H2,1-4H3,(H,24,25,26)/b20-15-. The molecule has 8 nitrogen and oxygen atoms in total. The topological polar surface area (TPSA) is 93.7 Å². The van der Waals surface area contributed by atoms with Gasteiger partial charge in [-0.3, -0.25) is 9.59 Å². The largest absolute Gasteiger partial charge is 0.496 e. The molecule has 2 aromatic rings. The van der Waals surface area contributed by atoms with E-state index in [-0.39, 0.29) is 17.6 Å². The second-order valence-electron chi connectivity index (χ2n) is 7.17. The molecule has 0 bridgehead atoms. The minimum absolute atomic E-state index is 0.0996. The van der Waals surface area contributed by atoms with Crippen molar-refractivity contribution < 1.29 is 19.1 Å². The lowest BCUT2D eigenvalue weighted by Gasteiger charge is -2.24. The van der Waals surface area contributed by atoms with Crippen molar-refractivity contribution in [1.29, 1.82) is 0 Å². The lowest BCUT2D eigenvalue weighted by atomic mass is 10.2. The summed E-state index contributed by atoms with van der Waals surface area (Å²) in [4.78, 5) is 37.2. The number of methoxy groups -OCH3 is 1. The number of allylic oxidation sites excluding steroid dienone is 1. The van der Waals surface area contributed by atoms with Crippen LogP contribution in [0.4, 0.5) is 5.82 Å². The van der Waals surface area contributed by atoms with E-state index in [1.54, 1.807) is 29.3 Å². The van der Waals surface area contributed by atoms with Gasteiger partial charge in [0.2, 0.25) is 11.0 Å². The molecule has 1 amide bonds. The number of amides is 1. The first kappa shape index (κ1) is 23.7. The van der Waals surface area contributed by atoms with Gasteiger partial charge in [-0.05, 0) is 44.7 Å². The summed E-state index contributed by atoms with van der Waals surface area (Å²) in [5.74, 6) is 1.72. The highest BCUT2D eigenvalue weighted by atomic mass is 32.2. The van der Waals surface area contributed by atoms with Gasteiger partial charge in [0.15, 0.2) is 0 Å². The number of aryl methyl sites for hydroxylation is 1. The quantitative estimate of drug-likeness (QED) is 0.600. The molecule has 0 saturated heterocycles. The molecule has 1 aromatic heterocycles. The van der Waals surface area contributed by atoms with E-state index in [0.29, 0.717) is 49.1 Å². The number of para-hydroxylation sites is 1. The number of aromatic nitrogens is 2. The Bertz CT molecular complexity index is 1020. The van der Waals surface area contributed by atoms with Crippen molar-refractivity contribution in [3.63, 3.8) is 0 Å². The third-order valence-electron chi connectivity index (χ3n) is 5.05. The summed E-state index contributed by atoms with van der Waals surface area (Å²) in [6.07, 6.45) is 2.25. The van der Waals surface area contributed by atoms with E-state index in [0.717, 1.165) is 27.9 Å². The zero-order valence-electron chi connectivity index (χ0n) is 18.8. The van der Waals surface area contributed by atoms with Gasteiger partial charge in [0, 0.05) is 35.4 Å². The number of hydrogen-bond acceptors (Lipinski definition) is 8. The van der Waals surface area contributed by atoms with Crippen LogP contribution in [0, 0.1) is 6.92 Å². The molecule has 1 N–H and O–H groups in total. The average molecular weight is 457 g/mol. The molecule has 32 heavy (non-hydrogen) atoms. The van der Waals surface area contributed by atoms with Gasteiger partial charge in [0.1, 0.15) is 17.4 Å². The predicted molar refractivity (Wildman–Crippen MR) is 125 cm³/mol. The molecule has 0 aliphatic carbocycles. The van der Waals surface area contributed by atoms with Gasteiger partial charge in [-0.25, -0.2) is 9.97 Å². The van der Waals surface area contributed by atoms with Crippen LogP contribution in [-0.4, -0.2) is 52.8 Å². The van der Waals surface area contributed by atoms with Crippen LogP contribution in [0.1, 0.15) is 42.0 Å². The zero-order chi connectivity index (χ0) is 23.1. The fourth-order valence-electron chi connectivity index (χ4n) is 3.33. The third-order valence-corrected chi connectivity index (χ3v) is 6.20. The highest BCUT2D eigenvalue weighted by Gasteiger charge is 2.26.